The molecule has 1 heterocycles. The second kappa shape index (κ2) is 9.40. The Labute approximate surface area is 198 Å². The molecular weight excluding hydrogens is 441 g/mol. The number of benzene rings is 3. The summed E-state index contributed by atoms with van der Waals surface area (Å²) >= 11 is 14.2. The number of para-hydroxylation sites is 1. The predicted molar refractivity (Wildman–Crippen MR) is 138 cm³/mol. The van der Waals surface area contributed by atoms with E-state index in [2.05, 4.69) is 86.0 Å². The Balaban J connectivity index is 1.56. The highest BCUT2D eigenvalue weighted by Crippen LogP contribution is 2.37. The van der Waals surface area contributed by atoms with E-state index < -0.39 is 0 Å². The number of halogens is 2. The molecule has 1 aliphatic rings. The first-order valence-corrected chi connectivity index (χ1v) is 11.7. The monoisotopic (exact) mass is 463 g/mol. The lowest BCUT2D eigenvalue weighted by Gasteiger charge is -2.29. The quantitative estimate of drug-likeness (QED) is 0.347. The van der Waals surface area contributed by atoms with Crippen molar-refractivity contribution in [3.63, 3.8) is 0 Å². The van der Waals surface area contributed by atoms with Crippen LogP contribution in [0.25, 0.3) is 17.2 Å². The summed E-state index contributed by atoms with van der Waals surface area (Å²) in [6.07, 6.45) is 6.48. The highest BCUT2D eigenvalue weighted by Gasteiger charge is 2.16. The molecule has 3 aromatic carbocycles. The molecule has 0 spiro atoms. The lowest BCUT2D eigenvalue weighted by molar-refractivity contribution is 0.971. The Morgan fingerprint density at radius 3 is 2.61 bits per heavy atom. The first-order chi connectivity index (χ1) is 15.0. The summed E-state index contributed by atoms with van der Waals surface area (Å²) in [7, 11) is 0. The summed E-state index contributed by atoms with van der Waals surface area (Å²) < 4.78 is 0. The third kappa shape index (κ3) is 4.77. The Hall–Kier alpha value is -2.39. The highest BCUT2D eigenvalue weighted by molar-refractivity contribution is 8.03. The fourth-order valence-corrected chi connectivity index (χ4v) is 4.96. The van der Waals surface area contributed by atoms with Crippen LogP contribution in [0, 0.1) is 6.92 Å². The second-order valence-electron chi connectivity index (χ2n) is 7.38. The van der Waals surface area contributed by atoms with Crippen LogP contribution in [0.3, 0.4) is 0 Å². The Kier molecular flexibility index (Phi) is 6.62. The minimum Gasteiger partial charge on any atom is -0.341 e. The van der Waals surface area contributed by atoms with Crippen LogP contribution in [0.15, 0.2) is 94.9 Å². The molecule has 3 aromatic rings. The molecule has 1 aliphatic heterocycles. The molecule has 0 aromatic heterocycles. The average Bonchev–Trinajstić information content (AvgIpc) is 2.76. The van der Waals surface area contributed by atoms with Crippen molar-refractivity contribution < 1.29 is 0 Å². The standard InChI is InChI=1S/C27H23Cl2NS/c1-4-30-23(12-9-20-7-5-6-8-26(20)30)16-19(3)31-27-14-10-21(15-18(27)2)24-17-22(28)11-13-25(24)29/h5-17H,3-4H2,1-2H3/b23-16+. The molecule has 0 fully saturated rings. The maximum Gasteiger partial charge on any atom is 0.0485 e. The van der Waals surface area contributed by atoms with Gasteiger partial charge >= 0.3 is 0 Å². The van der Waals surface area contributed by atoms with E-state index in [0.717, 1.165) is 28.3 Å². The van der Waals surface area contributed by atoms with Crippen LogP contribution in [-0.4, -0.2) is 6.54 Å². The zero-order valence-corrected chi connectivity index (χ0v) is 19.9. The van der Waals surface area contributed by atoms with E-state index in [9.17, 15) is 0 Å². The third-order valence-corrected chi connectivity index (χ3v) is 6.88. The van der Waals surface area contributed by atoms with Crippen LogP contribution in [0.5, 0.6) is 0 Å². The van der Waals surface area contributed by atoms with E-state index in [1.54, 1.807) is 17.8 Å². The maximum absolute atomic E-state index is 6.38. The molecule has 0 bridgehead atoms. The van der Waals surface area contributed by atoms with Crippen molar-refractivity contribution in [3.05, 3.63) is 111 Å². The maximum atomic E-state index is 6.38. The van der Waals surface area contributed by atoms with Crippen LogP contribution in [0.1, 0.15) is 18.1 Å². The molecule has 0 unspecified atom stereocenters. The number of hydrogen-bond donors (Lipinski definition) is 0. The molecular formula is C27H23Cl2NS. The first kappa shape index (κ1) is 21.8. The van der Waals surface area contributed by atoms with Crippen molar-refractivity contribution in [2.45, 2.75) is 18.7 Å². The van der Waals surface area contributed by atoms with Crippen LogP contribution in [-0.2, 0) is 0 Å². The van der Waals surface area contributed by atoms with Gasteiger partial charge in [-0.05, 0) is 73.0 Å². The smallest absolute Gasteiger partial charge is 0.0485 e. The Morgan fingerprint density at radius 1 is 1.03 bits per heavy atom. The molecule has 0 radical (unpaired) electrons. The van der Waals surface area contributed by atoms with Gasteiger partial charge < -0.3 is 4.90 Å². The van der Waals surface area contributed by atoms with E-state index in [4.69, 9.17) is 23.2 Å². The molecule has 31 heavy (non-hydrogen) atoms. The highest BCUT2D eigenvalue weighted by atomic mass is 35.5. The van der Waals surface area contributed by atoms with Gasteiger partial charge in [-0.15, -0.1) is 0 Å². The Morgan fingerprint density at radius 2 is 1.84 bits per heavy atom. The second-order valence-corrected chi connectivity index (χ2v) is 9.39. The fraction of sp³-hybridized carbons (Fsp3) is 0.111. The molecule has 0 amide bonds. The van der Waals surface area contributed by atoms with Gasteiger partial charge in [0.1, 0.15) is 0 Å². The van der Waals surface area contributed by atoms with Crippen molar-refractivity contribution in [2.24, 2.45) is 0 Å². The van der Waals surface area contributed by atoms with E-state index in [-0.39, 0.29) is 0 Å². The van der Waals surface area contributed by atoms with Gasteiger partial charge in [0.05, 0.1) is 0 Å². The number of rotatable bonds is 5. The zero-order valence-electron chi connectivity index (χ0n) is 17.5. The lowest BCUT2D eigenvalue weighted by atomic mass is 10.0. The molecule has 1 nitrogen and oxygen atoms in total. The topological polar surface area (TPSA) is 3.24 Å². The van der Waals surface area contributed by atoms with Crippen molar-refractivity contribution in [1.29, 1.82) is 0 Å². The Bertz CT molecular complexity index is 1210. The summed E-state index contributed by atoms with van der Waals surface area (Å²) in [5.41, 5.74) is 6.80. The van der Waals surface area contributed by atoms with Crippen LogP contribution >= 0.6 is 35.0 Å². The summed E-state index contributed by atoms with van der Waals surface area (Å²) in [6.45, 7) is 9.49. The largest absolute Gasteiger partial charge is 0.341 e. The molecule has 4 rings (SSSR count). The molecule has 0 atom stereocenters. The van der Waals surface area contributed by atoms with Gasteiger partial charge in [0, 0.05) is 43.3 Å². The first-order valence-electron chi connectivity index (χ1n) is 10.2. The van der Waals surface area contributed by atoms with E-state index in [0.29, 0.717) is 10.0 Å². The molecule has 0 saturated carbocycles. The number of fused-ring (bicyclic) bond motifs is 1. The SMILES string of the molecule is C=C(/C=C1\C=Cc2ccccc2N1CC)Sc1ccc(-c2cc(Cl)ccc2Cl)cc1C. The zero-order chi connectivity index (χ0) is 22.0. The number of anilines is 1. The van der Waals surface area contributed by atoms with Crippen molar-refractivity contribution in [3.8, 4) is 11.1 Å². The summed E-state index contributed by atoms with van der Waals surface area (Å²) in [4.78, 5) is 4.49. The minimum absolute atomic E-state index is 0.679. The average molecular weight is 464 g/mol. The van der Waals surface area contributed by atoms with Crippen LogP contribution in [0.2, 0.25) is 10.0 Å². The van der Waals surface area contributed by atoms with E-state index in [1.165, 1.54) is 21.7 Å². The molecule has 156 valence electrons. The van der Waals surface area contributed by atoms with Gasteiger partial charge in [0.15, 0.2) is 0 Å². The van der Waals surface area contributed by atoms with Crippen LogP contribution in [0.4, 0.5) is 5.69 Å². The third-order valence-electron chi connectivity index (χ3n) is 5.25. The summed E-state index contributed by atoms with van der Waals surface area (Å²) in [5.74, 6) is 0. The van der Waals surface area contributed by atoms with Crippen molar-refractivity contribution in [1.82, 2.24) is 0 Å². The van der Waals surface area contributed by atoms with Gasteiger partial charge in [-0.2, -0.15) is 0 Å². The molecule has 0 saturated heterocycles. The van der Waals surface area contributed by atoms with Gasteiger partial charge in [0.2, 0.25) is 0 Å². The van der Waals surface area contributed by atoms with E-state index in [1.807, 2.05) is 12.1 Å². The molecule has 0 aliphatic carbocycles. The predicted octanol–water partition coefficient (Wildman–Crippen LogP) is 9.01. The number of nitrogens with zero attached hydrogens (tertiary/aromatic N) is 1. The normalized spacial score (nSPS) is 14.1. The minimum atomic E-state index is 0.679. The summed E-state index contributed by atoms with van der Waals surface area (Å²) in [5, 5.41) is 1.38. The number of thioether (sulfide) groups is 1. The lowest BCUT2D eigenvalue weighted by Crippen LogP contribution is -2.23. The number of allylic oxidation sites excluding steroid dienone is 2. The van der Waals surface area contributed by atoms with Crippen molar-refractivity contribution in [2.75, 3.05) is 11.4 Å². The van der Waals surface area contributed by atoms with Crippen molar-refractivity contribution >= 4 is 46.7 Å². The van der Waals surface area contributed by atoms with E-state index >= 15 is 0 Å². The number of hydrogen-bond acceptors (Lipinski definition) is 2. The number of likely N-dealkylation sites (N-methyl/N-ethyl adjacent to an activating group) is 1. The fourth-order valence-electron chi connectivity index (χ4n) is 3.74. The summed E-state index contributed by atoms with van der Waals surface area (Å²) in [6, 6.07) is 20.4. The van der Waals surface area contributed by atoms with Gasteiger partial charge in [-0.1, -0.05) is 78.0 Å². The molecule has 4 heteroatoms. The molecule has 0 N–H and O–H groups in total. The number of aryl methyl sites for hydroxylation is 1. The van der Waals surface area contributed by atoms with Crippen LogP contribution < -0.4 is 4.90 Å². The van der Waals surface area contributed by atoms with Gasteiger partial charge in [0.25, 0.3) is 0 Å². The van der Waals surface area contributed by atoms with Gasteiger partial charge in [-0.25, -0.2) is 0 Å². The van der Waals surface area contributed by atoms with Gasteiger partial charge in [-0.3, -0.25) is 0 Å².